The lowest BCUT2D eigenvalue weighted by Gasteiger charge is -2.19. The molecule has 0 saturated heterocycles. The van der Waals surface area contributed by atoms with Crippen molar-refractivity contribution in [3.63, 3.8) is 0 Å². The molecule has 0 fully saturated rings. The molecule has 0 spiro atoms. The van der Waals surface area contributed by atoms with Crippen LogP contribution in [0.5, 0.6) is 5.75 Å². The second-order valence-corrected chi connectivity index (χ2v) is 5.65. The lowest BCUT2D eigenvalue weighted by atomic mass is 10.1. The first-order valence-corrected chi connectivity index (χ1v) is 7.24. The zero-order valence-electron chi connectivity index (χ0n) is 11.9. The molecule has 2 atom stereocenters. The van der Waals surface area contributed by atoms with Gasteiger partial charge in [-0.05, 0) is 31.0 Å². The van der Waals surface area contributed by atoms with Crippen LogP contribution in [0.15, 0.2) is 22.7 Å². The minimum atomic E-state index is -0.264. The summed E-state index contributed by atoms with van der Waals surface area (Å²) >= 11 is 3.39. The molecule has 0 aliphatic rings. The molecule has 0 bridgehead atoms. The first-order valence-electron chi connectivity index (χ1n) is 6.45. The second-order valence-electron chi connectivity index (χ2n) is 4.73. The number of hydrogen-bond acceptors (Lipinski definition) is 3. The summed E-state index contributed by atoms with van der Waals surface area (Å²) in [6, 6.07) is 5.27. The van der Waals surface area contributed by atoms with E-state index in [9.17, 15) is 4.79 Å². The maximum Gasteiger partial charge on any atom is 0.315 e. The number of benzene rings is 1. The molecule has 20 heavy (non-hydrogen) atoms. The third-order valence-corrected chi connectivity index (χ3v) is 3.68. The topological polar surface area (TPSA) is 70.6 Å². The van der Waals surface area contributed by atoms with Crippen LogP contribution in [0.4, 0.5) is 4.79 Å². The molecule has 0 saturated carbocycles. The maximum absolute atomic E-state index is 11.8. The van der Waals surface area contributed by atoms with Crippen molar-refractivity contribution >= 4 is 22.0 Å². The minimum absolute atomic E-state index is 0.0150. The van der Waals surface area contributed by atoms with Gasteiger partial charge in [0.05, 0.1) is 7.11 Å². The standard InChI is InChI=1S/C14H21BrN2O3/c1-9(8-18)10(2)17-14(19)16-7-11-6-12(15)4-5-13(11)20-3/h4-6,9-10,18H,7-8H2,1-3H3,(H2,16,17,19). The lowest BCUT2D eigenvalue weighted by molar-refractivity contribution is 0.200. The van der Waals surface area contributed by atoms with Crippen LogP contribution in [-0.4, -0.2) is 30.9 Å². The van der Waals surface area contributed by atoms with E-state index in [-0.39, 0.29) is 24.6 Å². The molecule has 5 nitrogen and oxygen atoms in total. The summed E-state index contributed by atoms with van der Waals surface area (Å²) in [5.41, 5.74) is 0.889. The number of nitrogens with one attached hydrogen (secondary N) is 2. The number of amides is 2. The van der Waals surface area contributed by atoms with Crippen molar-refractivity contribution in [2.75, 3.05) is 13.7 Å². The fourth-order valence-electron chi connectivity index (χ4n) is 1.62. The third kappa shape index (κ3) is 5.02. The molecule has 0 heterocycles. The number of urea groups is 1. The molecule has 112 valence electrons. The van der Waals surface area contributed by atoms with Crippen LogP contribution in [0.25, 0.3) is 0 Å². The Hall–Kier alpha value is -1.27. The summed E-state index contributed by atoms with van der Waals surface area (Å²) in [6.45, 7) is 4.15. The van der Waals surface area contributed by atoms with Gasteiger partial charge in [0.15, 0.2) is 0 Å². The summed E-state index contributed by atoms with van der Waals surface area (Å²) in [5, 5.41) is 14.6. The van der Waals surface area contributed by atoms with E-state index in [1.807, 2.05) is 32.0 Å². The van der Waals surface area contributed by atoms with Gasteiger partial charge in [-0.2, -0.15) is 0 Å². The van der Waals surface area contributed by atoms with E-state index in [1.54, 1.807) is 7.11 Å². The van der Waals surface area contributed by atoms with Gasteiger partial charge in [-0.1, -0.05) is 22.9 Å². The molecule has 1 aromatic rings. The quantitative estimate of drug-likeness (QED) is 0.741. The van der Waals surface area contributed by atoms with Gasteiger partial charge in [0.1, 0.15) is 5.75 Å². The Bertz CT molecular complexity index is 454. The first kappa shape index (κ1) is 16.8. The number of carbonyl (C=O) groups is 1. The van der Waals surface area contributed by atoms with E-state index in [1.165, 1.54) is 0 Å². The van der Waals surface area contributed by atoms with E-state index in [4.69, 9.17) is 9.84 Å². The number of rotatable bonds is 6. The van der Waals surface area contributed by atoms with E-state index in [0.29, 0.717) is 6.54 Å². The van der Waals surface area contributed by atoms with Crippen molar-refractivity contribution in [3.05, 3.63) is 28.2 Å². The Labute approximate surface area is 127 Å². The van der Waals surface area contributed by atoms with Crippen LogP contribution in [0.1, 0.15) is 19.4 Å². The number of halogens is 1. The molecule has 1 rings (SSSR count). The summed E-state index contributed by atoms with van der Waals surface area (Å²) in [4.78, 5) is 11.8. The predicted octanol–water partition coefficient (Wildman–Crippen LogP) is 2.27. The summed E-state index contributed by atoms with van der Waals surface area (Å²) in [5.74, 6) is 0.742. The number of methoxy groups -OCH3 is 1. The van der Waals surface area contributed by atoms with Crippen LogP contribution in [0, 0.1) is 5.92 Å². The van der Waals surface area contributed by atoms with Crippen LogP contribution in [0.3, 0.4) is 0 Å². The largest absolute Gasteiger partial charge is 0.496 e. The van der Waals surface area contributed by atoms with Crippen LogP contribution in [0.2, 0.25) is 0 Å². The predicted molar refractivity (Wildman–Crippen MR) is 81.8 cm³/mol. The Morgan fingerprint density at radius 1 is 1.45 bits per heavy atom. The molecule has 0 aromatic heterocycles. The fraction of sp³-hybridized carbons (Fsp3) is 0.500. The minimum Gasteiger partial charge on any atom is -0.496 e. The Morgan fingerprint density at radius 2 is 2.15 bits per heavy atom. The zero-order chi connectivity index (χ0) is 15.1. The van der Waals surface area contributed by atoms with Gasteiger partial charge in [0.2, 0.25) is 0 Å². The van der Waals surface area contributed by atoms with Crippen LogP contribution >= 0.6 is 15.9 Å². The molecule has 2 unspecified atom stereocenters. The molecule has 0 aliphatic carbocycles. The smallest absolute Gasteiger partial charge is 0.315 e. The van der Waals surface area contributed by atoms with Gasteiger partial charge in [-0.25, -0.2) is 4.79 Å². The van der Waals surface area contributed by atoms with E-state index >= 15 is 0 Å². The van der Waals surface area contributed by atoms with Crippen molar-refractivity contribution in [1.82, 2.24) is 10.6 Å². The molecule has 6 heteroatoms. The van der Waals surface area contributed by atoms with Crippen LogP contribution < -0.4 is 15.4 Å². The molecule has 2 amide bonds. The summed E-state index contributed by atoms with van der Waals surface area (Å²) in [6.07, 6.45) is 0. The second kappa shape index (κ2) is 8.11. The Morgan fingerprint density at radius 3 is 2.75 bits per heavy atom. The SMILES string of the molecule is COc1ccc(Br)cc1CNC(=O)NC(C)C(C)CO. The number of carbonyl (C=O) groups excluding carboxylic acids is 1. The van der Waals surface area contributed by atoms with E-state index in [2.05, 4.69) is 26.6 Å². The van der Waals surface area contributed by atoms with Gasteiger partial charge in [-0.15, -0.1) is 0 Å². The zero-order valence-corrected chi connectivity index (χ0v) is 13.5. The fourth-order valence-corrected chi connectivity index (χ4v) is 2.03. The Balaban J connectivity index is 2.55. The van der Waals surface area contributed by atoms with Gasteiger partial charge < -0.3 is 20.5 Å². The number of ether oxygens (including phenoxy) is 1. The molecule has 3 N–H and O–H groups in total. The highest BCUT2D eigenvalue weighted by Crippen LogP contribution is 2.22. The van der Waals surface area contributed by atoms with Gasteiger partial charge in [0.25, 0.3) is 0 Å². The van der Waals surface area contributed by atoms with Crippen molar-refractivity contribution in [1.29, 1.82) is 0 Å². The van der Waals surface area contributed by atoms with Crippen LogP contribution in [-0.2, 0) is 6.54 Å². The lowest BCUT2D eigenvalue weighted by Crippen LogP contribution is -2.44. The molecular formula is C14H21BrN2O3. The first-order chi connectivity index (χ1) is 9.47. The molecule has 0 aliphatic heterocycles. The van der Waals surface area contributed by atoms with Gasteiger partial charge in [-0.3, -0.25) is 0 Å². The van der Waals surface area contributed by atoms with Crippen molar-refractivity contribution in [3.8, 4) is 5.75 Å². The average molecular weight is 345 g/mol. The summed E-state index contributed by atoms with van der Waals surface area (Å²) in [7, 11) is 1.60. The van der Waals surface area contributed by atoms with Gasteiger partial charge >= 0.3 is 6.03 Å². The third-order valence-electron chi connectivity index (χ3n) is 3.18. The van der Waals surface area contributed by atoms with E-state index in [0.717, 1.165) is 15.8 Å². The Kier molecular flexibility index (Phi) is 6.81. The molecular weight excluding hydrogens is 324 g/mol. The van der Waals surface area contributed by atoms with Crippen molar-refractivity contribution in [2.24, 2.45) is 5.92 Å². The van der Waals surface area contributed by atoms with Crippen molar-refractivity contribution in [2.45, 2.75) is 26.4 Å². The number of hydrogen-bond donors (Lipinski definition) is 3. The molecule has 1 aromatic carbocycles. The molecule has 0 radical (unpaired) electrons. The average Bonchev–Trinajstić information content (AvgIpc) is 2.44. The highest BCUT2D eigenvalue weighted by atomic mass is 79.9. The monoisotopic (exact) mass is 344 g/mol. The highest BCUT2D eigenvalue weighted by Gasteiger charge is 2.14. The van der Waals surface area contributed by atoms with E-state index < -0.39 is 0 Å². The highest BCUT2D eigenvalue weighted by molar-refractivity contribution is 9.10. The number of aliphatic hydroxyl groups excluding tert-OH is 1. The van der Waals surface area contributed by atoms with Crippen molar-refractivity contribution < 1.29 is 14.6 Å². The normalized spacial score (nSPS) is 13.4. The summed E-state index contributed by atoms with van der Waals surface area (Å²) < 4.78 is 6.17. The maximum atomic E-state index is 11.8. The number of aliphatic hydroxyl groups is 1. The van der Waals surface area contributed by atoms with Gasteiger partial charge in [0, 0.05) is 29.2 Å².